The number of sulfone groups is 1. The molecule has 214 valence electrons. The highest BCUT2D eigenvalue weighted by Crippen LogP contribution is 2.30. The number of anilines is 1. The van der Waals surface area contributed by atoms with Gasteiger partial charge < -0.3 is 4.90 Å². The van der Waals surface area contributed by atoms with Crippen molar-refractivity contribution in [3.05, 3.63) is 107 Å². The van der Waals surface area contributed by atoms with Gasteiger partial charge in [-0.2, -0.15) is 14.1 Å². The van der Waals surface area contributed by atoms with E-state index in [-0.39, 0.29) is 48.1 Å². The second-order valence-corrected chi connectivity index (χ2v) is 13.7. The monoisotopic (exact) mass is 600 g/mol. The first kappa shape index (κ1) is 28.6. The van der Waals surface area contributed by atoms with Crippen LogP contribution in [0.2, 0.25) is 0 Å². The molecule has 5 rings (SSSR count). The third kappa shape index (κ3) is 6.21. The Balaban J connectivity index is 1.51. The van der Waals surface area contributed by atoms with Crippen molar-refractivity contribution in [1.82, 2.24) is 14.1 Å². The summed E-state index contributed by atoms with van der Waals surface area (Å²) in [5.41, 5.74) is 0.755. The second kappa shape index (κ2) is 11.1. The Bertz CT molecular complexity index is 1840. The first-order valence-electron chi connectivity index (χ1n) is 12.6. The summed E-state index contributed by atoms with van der Waals surface area (Å²) in [6, 6.07) is 17.2. The molecule has 0 atom stereocenters. The third-order valence-corrected chi connectivity index (χ3v) is 9.76. The molecule has 0 unspecified atom stereocenters. The Morgan fingerprint density at radius 2 is 1.44 bits per heavy atom. The summed E-state index contributed by atoms with van der Waals surface area (Å²) in [6.45, 7) is 0.837. The van der Waals surface area contributed by atoms with E-state index in [1.807, 2.05) is 11.0 Å². The number of rotatable bonds is 7. The van der Waals surface area contributed by atoms with Gasteiger partial charge in [-0.1, -0.05) is 42.5 Å². The van der Waals surface area contributed by atoms with Crippen LogP contribution in [0.15, 0.2) is 88.7 Å². The van der Waals surface area contributed by atoms with Gasteiger partial charge >= 0.3 is 0 Å². The highest BCUT2D eigenvalue weighted by atomic mass is 32.2. The predicted molar refractivity (Wildman–Crippen MR) is 151 cm³/mol. The molecule has 1 aliphatic heterocycles. The number of hydrogen-bond donors (Lipinski definition) is 0. The van der Waals surface area contributed by atoms with Gasteiger partial charge in [-0.3, -0.25) is 4.79 Å². The molecule has 1 saturated heterocycles. The summed E-state index contributed by atoms with van der Waals surface area (Å²) in [4.78, 5) is 15.6. The van der Waals surface area contributed by atoms with Crippen LogP contribution in [-0.4, -0.2) is 63.4 Å². The summed E-state index contributed by atoms with van der Waals surface area (Å²) in [7, 11) is -7.08. The zero-order valence-corrected chi connectivity index (χ0v) is 23.6. The number of hydrogen-bond acceptors (Lipinski definition) is 7. The maximum Gasteiger partial charge on any atom is 0.281 e. The Kier molecular flexibility index (Phi) is 7.77. The van der Waals surface area contributed by atoms with E-state index in [1.54, 1.807) is 24.3 Å². The summed E-state index contributed by atoms with van der Waals surface area (Å²) in [5.74, 6) is -1.90. The minimum atomic E-state index is -3.58. The lowest BCUT2D eigenvalue weighted by molar-refractivity contribution is 0.384. The summed E-state index contributed by atoms with van der Waals surface area (Å²) >= 11 is 0. The van der Waals surface area contributed by atoms with E-state index < -0.39 is 37.1 Å². The molecule has 4 aromatic rings. The number of aromatic nitrogens is 2. The van der Waals surface area contributed by atoms with E-state index in [0.717, 1.165) is 23.1 Å². The maximum absolute atomic E-state index is 14.0. The van der Waals surface area contributed by atoms with E-state index in [1.165, 1.54) is 34.8 Å². The van der Waals surface area contributed by atoms with Gasteiger partial charge in [0.05, 0.1) is 33.8 Å². The summed E-state index contributed by atoms with van der Waals surface area (Å²) in [5, 5.41) is 4.17. The fraction of sp³-hybridized carbons (Fsp3) is 0.214. The van der Waals surface area contributed by atoms with Crippen molar-refractivity contribution < 1.29 is 25.6 Å². The van der Waals surface area contributed by atoms with Gasteiger partial charge in [-0.15, -0.1) is 0 Å². The van der Waals surface area contributed by atoms with Crippen molar-refractivity contribution in [3.8, 4) is 16.8 Å². The lowest BCUT2D eigenvalue weighted by atomic mass is 10.1. The molecule has 0 aliphatic carbocycles. The number of benzene rings is 3. The number of nitrogens with zero attached hydrogens (tertiary/aromatic N) is 4. The molecule has 0 spiro atoms. The molecule has 1 aliphatic rings. The molecular weight excluding hydrogens is 574 g/mol. The minimum Gasteiger partial charge on any atom is -0.367 e. The van der Waals surface area contributed by atoms with Crippen LogP contribution in [-0.2, 0) is 25.6 Å². The van der Waals surface area contributed by atoms with Crippen molar-refractivity contribution in [3.63, 3.8) is 0 Å². The van der Waals surface area contributed by atoms with Crippen LogP contribution in [0.25, 0.3) is 16.8 Å². The highest BCUT2D eigenvalue weighted by molar-refractivity contribution is 7.90. The van der Waals surface area contributed by atoms with Gasteiger partial charge in [0.1, 0.15) is 11.6 Å². The topological polar surface area (TPSA) is 110 Å². The molecule has 9 nitrogen and oxygen atoms in total. The quantitative estimate of drug-likeness (QED) is 0.320. The SMILES string of the molecule is CS(=O)(=O)c1ccc(-c2c(N3CCN(S(=O)(=O)Cc4ccccc4)CC3)cnn(-c3cc(F)cc(F)c3)c2=O)cc1. The maximum atomic E-state index is 14.0. The third-order valence-electron chi connectivity index (χ3n) is 6.79. The van der Waals surface area contributed by atoms with Crippen molar-refractivity contribution in [2.75, 3.05) is 37.3 Å². The Morgan fingerprint density at radius 3 is 2.02 bits per heavy atom. The number of halogens is 2. The predicted octanol–water partition coefficient (Wildman–Crippen LogP) is 3.23. The molecular formula is C28H26F2N4O5S2. The first-order chi connectivity index (χ1) is 19.4. The van der Waals surface area contributed by atoms with Crippen LogP contribution in [0.3, 0.4) is 0 Å². The molecule has 0 N–H and O–H groups in total. The van der Waals surface area contributed by atoms with Gasteiger partial charge in [0, 0.05) is 38.5 Å². The van der Waals surface area contributed by atoms with E-state index in [4.69, 9.17) is 0 Å². The molecule has 0 radical (unpaired) electrons. The van der Waals surface area contributed by atoms with Crippen LogP contribution in [0.1, 0.15) is 5.56 Å². The van der Waals surface area contributed by atoms with E-state index >= 15 is 0 Å². The zero-order valence-electron chi connectivity index (χ0n) is 21.9. The molecule has 2 heterocycles. The van der Waals surface area contributed by atoms with Gasteiger partial charge in [-0.05, 0) is 35.4 Å². The zero-order chi connectivity index (χ0) is 29.4. The molecule has 3 aromatic carbocycles. The molecule has 0 bridgehead atoms. The van der Waals surface area contributed by atoms with Crippen LogP contribution in [0.5, 0.6) is 0 Å². The highest BCUT2D eigenvalue weighted by Gasteiger charge is 2.29. The molecule has 0 amide bonds. The normalized spacial score (nSPS) is 14.8. The molecule has 1 aromatic heterocycles. The van der Waals surface area contributed by atoms with Gasteiger partial charge in [0.25, 0.3) is 5.56 Å². The Hall–Kier alpha value is -3.94. The van der Waals surface area contributed by atoms with Gasteiger partial charge in [0.2, 0.25) is 10.0 Å². The number of piperazine rings is 1. The van der Waals surface area contributed by atoms with Crippen LogP contribution in [0.4, 0.5) is 14.5 Å². The van der Waals surface area contributed by atoms with Crippen molar-refractivity contribution >= 4 is 25.5 Å². The Morgan fingerprint density at radius 1 is 0.829 bits per heavy atom. The molecule has 1 fully saturated rings. The van der Waals surface area contributed by atoms with Crippen LogP contribution in [0, 0.1) is 11.6 Å². The first-order valence-corrected chi connectivity index (χ1v) is 16.1. The lowest BCUT2D eigenvalue weighted by Crippen LogP contribution is -2.49. The van der Waals surface area contributed by atoms with Crippen molar-refractivity contribution in [2.24, 2.45) is 0 Å². The summed E-state index contributed by atoms with van der Waals surface area (Å²) in [6.07, 6.45) is 2.45. The Labute approximate surface area is 236 Å². The lowest BCUT2D eigenvalue weighted by Gasteiger charge is -2.36. The molecule has 0 saturated carbocycles. The fourth-order valence-corrected chi connectivity index (χ4v) is 6.90. The minimum absolute atomic E-state index is 0.0571. The van der Waals surface area contributed by atoms with E-state index in [0.29, 0.717) is 22.9 Å². The van der Waals surface area contributed by atoms with E-state index in [9.17, 15) is 30.4 Å². The molecule has 41 heavy (non-hydrogen) atoms. The standard InChI is InChI=1S/C28H26F2N4O5S2/c1-40(36,37)25-9-7-21(8-10-25)27-26(18-31-34(28(27)35)24-16-22(29)15-23(30)17-24)32-11-13-33(14-12-32)41(38,39)19-20-5-3-2-4-6-20/h2-10,15-18H,11-14,19H2,1H3. The smallest absolute Gasteiger partial charge is 0.281 e. The summed E-state index contributed by atoms with van der Waals surface area (Å²) < 4.78 is 80.3. The van der Waals surface area contributed by atoms with Crippen LogP contribution < -0.4 is 10.5 Å². The van der Waals surface area contributed by atoms with Crippen LogP contribution >= 0.6 is 0 Å². The number of sulfonamides is 1. The average Bonchev–Trinajstić information content (AvgIpc) is 2.92. The average molecular weight is 601 g/mol. The fourth-order valence-electron chi connectivity index (χ4n) is 4.75. The van der Waals surface area contributed by atoms with Crippen molar-refractivity contribution in [1.29, 1.82) is 0 Å². The molecule has 13 heteroatoms. The second-order valence-electron chi connectivity index (χ2n) is 9.67. The van der Waals surface area contributed by atoms with Crippen molar-refractivity contribution in [2.45, 2.75) is 10.6 Å². The largest absolute Gasteiger partial charge is 0.367 e. The van der Waals surface area contributed by atoms with Gasteiger partial charge in [-0.25, -0.2) is 25.6 Å². The van der Waals surface area contributed by atoms with E-state index in [2.05, 4.69) is 5.10 Å². The van der Waals surface area contributed by atoms with Gasteiger partial charge in [0.15, 0.2) is 9.84 Å².